The van der Waals surface area contributed by atoms with Crippen molar-refractivity contribution in [3.63, 3.8) is 0 Å². The first-order chi connectivity index (χ1) is 8.79. The first kappa shape index (κ1) is 13.6. The summed E-state index contributed by atoms with van der Waals surface area (Å²) in [5, 5.41) is 3.10. The molecule has 1 aliphatic rings. The minimum atomic E-state index is 0.571. The Balaban J connectivity index is 1.73. The van der Waals surface area contributed by atoms with E-state index in [1.54, 1.807) is 0 Å². The zero-order chi connectivity index (χ0) is 12.8. The van der Waals surface area contributed by atoms with Crippen LogP contribution in [0.25, 0.3) is 0 Å². The van der Waals surface area contributed by atoms with Crippen LogP contribution in [0, 0.1) is 12.8 Å². The predicted molar refractivity (Wildman–Crippen MR) is 69.4 cm³/mol. The molecule has 0 radical (unpaired) electrons. The summed E-state index contributed by atoms with van der Waals surface area (Å²) in [4.78, 5) is 0. The second kappa shape index (κ2) is 6.92. The Morgan fingerprint density at radius 1 is 1.39 bits per heavy atom. The van der Waals surface area contributed by atoms with Crippen molar-refractivity contribution in [2.24, 2.45) is 5.92 Å². The van der Waals surface area contributed by atoms with Gasteiger partial charge in [0.15, 0.2) is 0 Å². The lowest BCUT2D eigenvalue weighted by atomic mass is 10.0. The molecule has 1 aliphatic heterocycles. The largest absolute Gasteiger partial charge is 0.462 e. The molecule has 1 saturated heterocycles. The van der Waals surface area contributed by atoms with Crippen molar-refractivity contribution in [2.45, 2.75) is 32.9 Å². The summed E-state index contributed by atoms with van der Waals surface area (Å²) < 4.78 is 16.8. The van der Waals surface area contributed by atoms with Crippen LogP contribution in [-0.2, 0) is 22.6 Å². The Bertz CT molecular complexity index is 356. The number of hydrogen-bond acceptors (Lipinski definition) is 4. The summed E-state index contributed by atoms with van der Waals surface area (Å²) in [6, 6.07) is 2.07. The number of ether oxygens (including phenoxy) is 2. The van der Waals surface area contributed by atoms with E-state index in [0.29, 0.717) is 12.5 Å². The van der Waals surface area contributed by atoms with Crippen LogP contribution in [0.2, 0.25) is 0 Å². The van der Waals surface area contributed by atoms with E-state index in [1.807, 2.05) is 7.05 Å². The van der Waals surface area contributed by atoms with Crippen molar-refractivity contribution in [1.82, 2.24) is 5.32 Å². The van der Waals surface area contributed by atoms with Crippen LogP contribution in [0.1, 0.15) is 29.9 Å². The van der Waals surface area contributed by atoms with Gasteiger partial charge in [0.25, 0.3) is 0 Å². The fourth-order valence-corrected chi connectivity index (χ4v) is 2.24. The maximum absolute atomic E-state index is 5.74. The van der Waals surface area contributed by atoms with E-state index in [1.165, 1.54) is 5.56 Å². The number of furan rings is 1. The highest BCUT2D eigenvalue weighted by Gasteiger charge is 2.14. The summed E-state index contributed by atoms with van der Waals surface area (Å²) >= 11 is 0. The lowest BCUT2D eigenvalue weighted by Crippen LogP contribution is -2.20. The Labute approximate surface area is 109 Å². The smallest absolute Gasteiger partial charge is 0.130 e. The second-order valence-electron chi connectivity index (χ2n) is 4.92. The van der Waals surface area contributed by atoms with Crippen molar-refractivity contribution in [1.29, 1.82) is 0 Å². The van der Waals surface area contributed by atoms with E-state index in [-0.39, 0.29) is 0 Å². The fourth-order valence-electron chi connectivity index (χ4n) is 2.24. The monoisotopic (exact) mass is 253 g/mol. The minimum Gasteiger partial charge on any atom is -0.462 e. The second-order valence-corrected chi connectivity index (χ2v) is 4.92. The topological polar surface area (TPSA) is 43.6 Å². The molecule has 18 heavy (non-hydrogen) atoms. The van der Waals surface area contributed by atoms with Gasteiger partial charge in [0.1, 0.15) is 18.1 Å². The van der Waals surface area contributed by atoms with Crippen molar-refractivity contribution < 1.29 is 13.9 Å². The lowest BCUT2D eigenvalue weighted by molar-refractivity contribution is 0.0118. The summed E-state index contributed by atoms with van der Waals surface area (Å²) in [5.74, 6) is 2.57. The molecule has 0 saturated carbocycles. The third kappa shape index (κ3) is 3.83. The van der Waals surface area contributed by atoms with Crippen LogP contribution in [0.15, 0.2) is 10.5 Å². The average molecular weight is 253 g/mol. The minimum absolute atomic E-state index is 0.571. The van der Waals surface area contributed by atoms with Gasteiger partial charge >= 0.3 is 0 Å². The van der Waals surface area contributed by atoms with E-state index in [4.69, 9.17) is 13.9 Å². The predicted octanol–water partition coefficient (Wildman–Crippen LogP) is 2.25. The van der Waals surface area contributed by atoms with E-state index in [2.05, 4.69) is 18.3 Å². The molecule has 0 amide bonds. The Morgan fingerprint density at radius 3 is 2.89 bits per heavy atom. The van der Waals surface area contributed by atoms with Gasteiger partial charge in [-0.3, -0.25) is 0 Å². The van der Waals surface area contributed by atoms with E-state index >= 15 is 0 Å². The summed E-state index contributed by atoms with van der Waals surface area (Å²) in [6.07, 6.45) is 2.23. The molecule has 0 aromatic carbocycles. The van der Waals surface area contributed by atoms with Crippen molar-refractivity contribution in [3.8, 4) is 0 Å². The van der Waals surface area contributed by atoms with Crippen molar-refractivity contribution >= 4 is 0 Å². The molecular weight excluding hydrogens is 230 g/mol. The lowest BCUT2D eigenvalue weighted by Gasteiger charge is -2.21. The van der Waals surface area contributed by atoms with Gasteiger partial charge in [-0.25, -0.2) is 0 Å². The number of rotatable bonds is 6. The molecule has 4 heteroatoms. The van der Waals surface area contributed by atoms with Gasteiger partial charge in [-0.2, -0.15) is 0 Å². The van der Waals surface area contributed by atoms with Crippen LogP contribution in [0.4, 0.5) is 0 Å². The van der Waals surface area contributed by atoms with Gasteiger partial charge in [0.05, 0.1) is 13.2 Å². The molecule has 0 unspecified atom stereocenters. The molecule has 0 spiro atoms. The molecule has 1 aromatic rings. The third-order valence-electron chi connectivity index (χ3n) is 3.35. The van der Waals surface area contributed by atoms with E-state index in [0.717, 1.165) is 50.7 Å². The zero-order valence-corrected chi connectivity index (χ0v) is 11.3. The molecule has 4 nitrogen and oxygen atoms in total. The number of nitrogens with one attached hydrogen (secondary N) is 1. The van der Waals surface area contributed by atoms with Gasteiger partial charge in [-0.15, -0.1) is 0 Å². The molecule has 1 N–H and O–H groups in total. The molecule has 0 bridgehead atoms. The van der Waals surface area contributed by atoms with Gasteiger partial charge in [0, 0.05) is 13.2 Å². The van der Waals surface area contributed by atoms with Crippen LogP contribution < -0.4 is 5.32 Å². The summed E-state index contributed by atoms with van der Waals surface area (Å²) in [5.41, 5.74) is 1.19. The quantitative estimate of drug-likeness (QED) is 0.844. The number of aryl methyl sites for hydroxylation is 1. The third-order valence-corrected chi connectivity index (χ3v) is 3.35. The first-order valence-electron chi connectivity index (χ1n) is 6.68. The standard InChI is InChI=1S/C14H23NO3/c1-11-7-13(18-14(11)8-15-2)10-17-9-12-3-5-16-6-4-12/h7,12,15H,3-6,8-10H2,1-2H3. The van der Waals surface area contributed by atoms with Gasteiger partial charge in [-0.1, -0.05) is 0 Å². The maximum Gasteiger partial charge on any atom is 0.130 e. The summed E-state index contributed by atoms with van der Waals surface area (Å²) in [7, 11) is 1.92. The fraction of sp³-hybridized carbons (Fsp3) is 0.714. The van der Waals surface area contributed by atoms with E-state index in [9.17, 15) is 0 Å². The molecular formula is C14H23NO3. The van der Waals surface area contributed by atoms with Crippen molar-refractivity contribution in [2.75, 3.05) is 26.9 Å². The Kier molecular flexibility index (Phi) is 5.23. The molecule has 1 fully saturated rings. The number of hydrogen-bond donors (Lipinski definition) is 1. The average Bonchev–Trinajstić information content (AvgIpc) is 2.72. The molecule has 0 aliphatic carbocycles. The first-order valence-corrected chi connectivity index (χ1v) is 6.68. The maximum atomic E-state index is 5.74. The molecule has 0 atom stereocenters. The highest BCUT2D eigenvalue weighted by atomic mass is 16.5. The van der Waals surface area contributed by atoms with Crippen molar-refractivity contribution in [3.05, 3.63) is 23.2 Å². The van der Waals surface area contributed by atoms with Crippen LogP contribution >= 0.6 is 0 Å². The van der Waals surface area contributed by atoms with Crippen LogP contribution in [0.5, 0.6) is 0 Å². The van der Waals surface area contributed by atoms with Crippen LogP contribution in [-0.4, -0.2) is 26.9 Å². The molecule has 2 rings (SSSR count). The molecule has 2 heterocycles. The Hall–Kier alpha value is -0.840. The van der Waals surface area contributed by atoms with Gasteiger partial charge < -0.3 is 19.2 Å². The van der Waals surface area contributed by atoms with E-state index < -0.39 is 0 Å². The van der Waals surface area contributed by atoms with Gasteiger partial charge in [-0.05, 0) is 44.4 Å². The Morgan fingerprint density at radius 2 is 2.17 bits per heavy atom. The van der Waals surface area contributed by atoms with Gasteiger partial charge in [0.2, 0.25) is 0 Å². The SMILES string of the molecule is CNCc1oc(COCC2CCOCC2)cc1C. The molecule has 1 aromatic heterocycles. The van der Waals surface area contributed by atoms with Crippen LogP contribution in [0.3, 0.4) is 0 Å². The highest BCUT2D eigenvalue weighted by Crippen LogP contribution is 2.18. The normalized spacial score (nSPS) is 17.2. The summed E-state index contributed by atoms with van der Waals surface area (Å²) in [6.45, 7) is 5.97. The zero-order valence-electron chi connectivity index (χ0n) is 11.3. The molecule has 102 valence electrons. The highest BCUT2D eigenvalue weighted by molar-refractivity contribution is 5.19.